The Hall–Kier alpha value is -2.51. The molecule has 1 aromatic carbocycles. The summed E-state index contributed by atoms with van der Waals surface area (Å²) in [5.74, 6) is 0.510. The van der Waals surface area contributed by atoms with E-state index in [1.807, 2.05) is 18.2 Å². The fourth-order valence-corrected chi connectivity index (χ4v) is 5.69. The molecule has 1 aliphatic heterocycles. The molecule has 0 radical (unpaired) electrons. The van der Waals surface area contributed by atoms with Gasteiger partial charge in [0, 0.05) is 48.8 Å². The highest BCUT2D eigenvalue weighted by Crippen LogP contribution is 2.34. The monoisotopic (exact) mass is 437 g/mol. The van der Waals surface area contributed by atoms with Crippen LogP contribution in [0.5, 0.6) is 0 Å². The second-order valence-electron chi connectivity index (χ2n) is 8.69. The summed E-state index contributed by atoms with van der Waals surface area (Å²) in [4.78, 5) is 17.0. The molecule has 1 aromatic heterocycles. The van der Waals surface area contributed by atoms with E-state index in [1.165, 1.54) is 4.31 Å². The van der Waals surface area contributed by atoms with E-state index in [9.17, 15) is 13.2 Å². The highest BCUT2D eigenvalue weighted by atomic mass is 32.2. The standard InChI is InChI=1S/C24H27N3O3S/c28-24(18-7-8-18)16-20-15-22(21-5-4-6-23(21)25-20)17-9-11-19(12-10-17)26-31(29,30)27-13-2-1-3-14-27/h4-5,9-12,15,18,26H,1-3,6-8,13-14,16H2. The first kappa shape index (κ1) is 20.4. The first-order valence-electron chi connectivity index (χ1n) is 11.1. The lowest BCUT2D eigenvalue weighted by Crippen LogP contribution is -2.39. The van der Waals surface area contributed by atoms with Crippen molar-refractivity contribution in [2.75, 3.05) is 17.8 Å². The molecule has 1 saturated heterocycles. The van der Waals surface area contributed by atoms with E-state index in [0.717, 1.165) is 66.6 Å². The van der Waals surface area contributed by atoms with Crippen LogP contribution in [0.15, 0.2) is 36.4 Å². The SMILES string of the molecule is O=C(Cc1cc(-c2ccc(NS(=O)(=O)N3CCCCC3)cc2)c2c(n1)CC=C2)C1CC1. The van der Waals surface area contributed by atoms with Gasteiger partial charge in [0.1, 0.15) is 5.78 Å². The summed E-state index contributed by atoms with van der Waals surface area (Å²) < 4.78 is 29.5. The van der Waals surface area contributed by atoms with Crippen LogP contribution in [0.2, 0.25) is 0 Å². The van der Waals surface area contributed by atoms with Crippen molar-refractivity contribution in [2.45, 2.75) is 44.9 Å². The topological polar surface area (TPSA) is 79.4 Å². The van der Waals surface area contributed by atoms with Crippen molar-refractivity contribution in [3.8, 4) is 11.1 Å². The molecule has 1 saturated carbocycles. The molecule has 0 amide bonds. The van der Waals surface area contributed by atoms with Gasteiger partial charge < -0.3 is 0 Å². The molecule has 1 N–H and O–H groups in total. The average Bonchev–Trinajstić information content (AvgIpc) is 3.52. The zero-order valence-corrected chi connectivity index (χ0v) is 18.3. The predicted octanol–water partition coefficient (Wildman–Crippen LogP) is 3.98. The van der Waals surface area contributed by atoms with E-state index in [4.69, 9.17) is 4.98 Å². The van der Waals surface area contributed by atoms with E-state index in [0.29, 0.717) is 25.2 Å². The quantitative estimate of drug-likeness (QED) is 0.711. The number of ketones is 1. The minimum Gasteiger partial charge on any atom is -0.299 e. The zero-order chi connectivity index (χ0) is 21.4. The Balaban J connectivity index is 1.38. The number of Topliss-reactive ketones (excluding diaryl/α,β-unsaturated/α-hetero) is 1. The summed E-state index contributed by atoms with van der Waals surface area (Å²) >= 11 is 0. The van der Waals surface area contributed by atoms with Gasteiger partial charge in [-0.05, 0) is 55.0 Å². The van der Waals surface area contributed by atoms with Gasteiger partial charge in [0.15, 0.2) is 0 Å². The highest BCUT2D eigenvalue weighted by molar-refractivity contribution is 7.90. The van der Waals surface area contributed by atoms with Gasteiger partial charge in [-0.1, -0.05) is 30.7 Å². The molecule has 2 aliphatic carbocycles. The van der Waals surface area contributed by atoms with Crippen molar-refractivity contribution in [1.29, 1.82) is 0 Å². The van der Waals surface area contributed by atoms with Gasteiger partial charge in [-0.25, -0.2) is 0 Å². The lowest BCUT2D eigenvalue weighted by molar-refractivity contribution is -0.119. The van der Waals surface area contributed by atoms with Gasteiger partial charge in [0.2, 0.25) is 0 Å². The summed E-state index contributed by atoms with van der Waals surface area (Å²) in [5.41, 5.74) is 5.51. The van der Waals surface area contributed by atoms with Crippen LogP contribution >= 0.6 is 0 Å². The third-order valence-corrected chi connectivity index (χ3v) is 7.81. The van der Waals surface area contributed by atoms with Crippen molar-refractivity contribution in [1.82, 2.24) is 9.29 Å². The normalized spacial score (nSPS) is 18.7. The number of benzene rings is 1. The van der Waals surface area contributed by atoms with Crippen LogP contribution < -0.4 is 4.72 Å². The molecule has 2 aromatic rings. The van der Waals surface area contributed by atoms with Gasteiger partial charge in [-0.3, -0.25) is 14.5 Å². The minimum atomic E-state index is -3.52. The fourth-order valence-electron chi connectivity index (χ4n) is 4.39. The number of rotatable bonds is 7. The molecule has 0 unspecified atom stereocenters. The number of nitrogens with zero attached hydrogens (tertiary/aromatic N) is 2. The van der Waals surface area contributed by atoms with Crippen LogP contribution in [0.25, 0.3) is 17.2 Å². The number of hydrogen-bond acceptors (Lipinski definition) is 4. The number of carbonyl (C=O) groups is 1. The van der Waals surface area contributed by atoms with Crippen LogP contribution in [-0.2, 0) is 27.8 Å². The lowest BCUT2D eigenvalue weighted by atomic mass is 9.97. The molecule has 3 aliphatic rings. The highest BCUT2D eigenvalue weighted by Gasteiger charge is 2.30. The number of piperidine rings is 1. The Morgan fingerprint density at radius 1 is 1.10 bits per heavy atom. The second-order valence-corrected chi connectivity index (χ2v) is 10.4. The van der Waals surface area contributed by atoms with Crippen molar-refractivity contribution in [2.24, 2.45) is 5.92 Å². The van der Waals surface area contributed by atoms with Crippen LogP contribution in [0.3, 0.4) is 0 Å². The number of allylic oxidation sites excluding steroid dienone is 1. The minimum absolute atomic E-state index is 0.226. The van der Waals surface area contributed by atoms with Crippen LogP contribution in [0, 0.1) is 5.92 Å². The molecule has 2 heterocycles. The molecule has 0 bridgehead atoms. The molecule has 5 rings (SSSR count). The first-order valence-corrected chi connectivity index (χ1v) is 12.5. The summed E-state index contributed by atoms with van der Waals surface area (Å²) in [6.45, 7) is 1.15. The van der Waals surface area contributed by atoms with E-state index in [2.05, 4.69) is 16.9 Å². The summed E-state index contributed by atoms with van der Waals surface area (Å²) in [7, 11) is -3.52. The summed E-state index contributed by atoms with van der Waals surface area (Å²) in [6, 6.07) is 9.49. The molecule has 162 valence electrons. The third-order valence-electron chi connectivity index (χ3n) is 6.27. The smallest absolute Gasteiger partial charge is 0.299 e. The Bertz CT molecular complexity index is 1130. The predicted molar refractivity (Wildman–Crippen MR) is 122 cm³/mol. The van der Waals surface area contributed by atoms with Crippen molar-refractivity contribution in [3.05, 3.63) is 53.4 Å². The Morgan fingerprint density at radius 2 is 1.84 bits per heavy atom. The number of nitrogens with one attached hydrogen (secondary N) is 1. The number of aromatic nitrogens is 1. The summed E-state index contributed by atoms with van der Waals surface area (Å²) in [5, 5.41) is 0. The van der Waals surface area contributed by atoms with Crippen LogP contribution in [-0.4, -0.2) is 36.6 Å². The van der Waals surface area contributed by atoms with E-state index in [1.54, 1.807) is 12.1 Å². The Morgan fingerprint density at radius 3 is 2.55 bits per heavy atom. The zero-order valence-electron chi connectivity index (χ0n) is 17.5. The molecular weight excluding hydrogens is 410 g/mol. The number of anilines is 1. The van der Waals surface area contributed by atoms with Crippen molar-refractivity contribution < 1.29 is 13.2 Å². The fraction of sp³-hybridized carbons (Fsp3) is 0.417. The third kappa shape index (κ3) is 4.43. The number of carbonyl (C=O) groups excluding carboxylic acids is 1. The maximum Gasteiger partial charge on any atom is 0.301 e. The van der Waals surface area contributed by atoms with Gasteiger partial charge in [0.05, 0.1) is 5.69 Å². The van der Waals surface area contributed by atoms with Gasteiger partial charge in [0.25, 0.3) is 0 Å². The second kappa shape index (κ2) is 8.20. The molecule has 0 spiro atoms. The molecule has 0 atom stereocenters. The van der Waals surface area contributed by atoms with Gasteiger partial charge in [-0.15, -0.1) is 0 Å². The largest absolute Gasteiger partial charge is 0.301 e. The number of fused-ring (bicyclic) bond motifs is 1. The number of pyridine rings is 1. The van der Waals surface area contributed by atoms with Crippen molar-refractivity contribution in [3.63, 3.8) is 0 Å². The molecule has 7 heteroatoms. The molecule has 31 heavy (non-hydrogen) atoms. The lowest BCUT2D eigenvalue weighted by Gasteiger charge is -2.26. The molecule has 2 fully saturated rings. The van der Waals surface area contributed by atoms with Crippen molar-refractivity contribution >= 4 is 27.8 Å². The van der Waals surface area contributed by atoms with Gasteiger partial charge >= 0.3 is 10.2 Å². The summed E-state index contributed by atoms with van der Waals surface area (Å²) in [6.07, 6.45) is 10.3. The number of hydrogen-bond donors (Lipinski definition) is 1. The average molecular weight is 438 g/mol. The Kier molecular flexibility index (Phi) is 5.40. The van der Waals surface area contributed by atoms with Crippen LogP contribution in [0.4, 0.5) is 5.69 Å². The van der Waals surface area contributed by atoms with E-state index < -0.39 is 10.2 Å². The van der Waals surface area contributed by atoms with Gasteiger partial charge in [-0.2, -0.15) is 12.7 Å². The van der Waals surface area contributed by atoms with Crippen LogP contribution in [0.1, 0.15) is 49.1 Å². The first-order chi connectivity index (χ1) is 15.0. The van der Waals surface area contributed by atoms with E-state index in [-0.39, 0.29) is 11.7 Å². The molecule has 6 nitrogen and oxygen atoms in total. The maximum absolute atomic E-state index is 12.6. The Labute approximate surface area is 183 Å². The van der Waals surface area contributed by atoms with E-state index >= 15 is 0 Å². The maximum atomic E-state index is 12.6. The molecular formula is C24H27N3O3S.